The summed E-state index contributed by atoms with van der Waals surface area (Å²) < 4.78 is 0. The van der Waals surface area contributed by atoms with Gasteiger partial charge in [-0.05, 0) is 11.1 Å². The second kappa shape index (κ2) is 6.59. The van der Waals surface area contributed by atoms with E-state index >= 15 is 0 Å². The molecule has 0 saturated heterocycles. The molecule has 0 heterocycles. The predicted molar refractivity (Wildman–Crippen MR) is 43.0 cm³/mol. The summed E-state index contributed by atoms with van der Waals surface area (Å²) in [7, 11) is 0. The first-order chi connectivity index (χ1) is 6.20. The van der Waals surface area contributed by atoms with Crippen LogP contribution < -0.4 is 5.32 Å². The van der Waals surface area contributed by atoms with Crippen molar-refractivity contribution in [1.82, 2.24) is 5.32 Å². The molecule has 2 N–H and O–H groups in total. The van der Waals surface area contributed by atoms with Crippen molar-refractivity contribution >= 4 is 6.09 Å². The quantitative estimate of drug-likeness (QED) is 0.376. The van der Waals surface area contributed by atoms with Gasteiger partial charge in [0, 0.05) is 29.0 Å². The number of carbonyl (C=O) groups is 1. The molecule has 13 heavy (non-hydrogen) atoms. The average molecular weight is 185 g/mol. The third-order valence-corrected chi connectivity index (χ3v) is 1.06. The Kier molecular flexibility index (Phi) is 5.52. The molecule has 0 saturated carbocycles. The van der Waals surface area contributed by atoms with E-state index in [1.807, 2.05) is 5.32 Å². The van der Waals surface area contributed by atoms with E-state index in [0.29, 0.717) is 0 Å². The summed E-state index contributed by atoms with van der Waals surface area (Å²) in [6, 6.07) is -0.677. The van der Waals surface area contributed by atoms with Crippen LogP contribution in [-0.4, -0.2) is 30.3 Å². The van der Waals surface area contributed by atoms with Crippen molar-refractivity contribution in [2.45, 2.75) is 6.04 Å². The monoisotopic (exact) mass is 185 g/mol. The van der Waals surface area contributed by atoms with Gasteiger partial charge in [-0.25, -0.2) is 4.79 Å². The van der Waals surface area contributed by atoms with Crippen LogP contribution in [0.1, 0.15) is 0 Å². The van der Waals surface area contributed by atoms with Crippen LogP contribution in [0.15, 0.2) is 10.2 Å². The van der Waals surface area contributed by atoms with E-state index in [0.717, 1.165) is 0 Å². The first kappa shape index (κ1) is 10.9. The number of carboxylic acid groups (broad SMARTS) is 1. The Bertz CT molecular complexity index is 238. The summed E-state index contributed by atoms with van der Waals surface area (Å²) in [5, 5.41) is 16.6. The number of nitrogens with zero attached hydrogens (tertiary/aromatic N) is 6. The van der Waals surface area contributed by atoms with Crippen LogP contribution in [0.25, 0.3) is 20.9 Å². The van der Waals surface area contributed by atoms with Gasteiger partial charge in [0.05, 0.1) is 0 Å². The first-order valence-corrected chi connectivity index (χ1v) is 3.22. The van der Waals surface area contributed by atoms with E-state index < -0.39 is 12.1 Å². The van der Waals surface area contributed by atoms with Gasteiger partial charge in [-0.15, -0.1) is 0 Å². The van der Waals surface area contributed by atoms with E-state index in [2.05, 4.69) is 20.1 Å². The van der Waals surface area contributed by atoms with Crippen molar-refractivity contribution in [3.05, 3.63) is 20.9 Å². The number of amides is 1. The van der Waals surface area contributed by atoms with Crippen molar-refractivity contribution in [2.24, 2.45) is 10.2 Å². The molecule has 9 heteroatoms. The van der Waals surface area contributed by atoms with Crippen LogP contribution in [-0.2, 0) is 0 Å². The SMILES string of the molecule is [N-]=[N+]=NCC(CN=[N+]=[N-])NC(=O)O. The lowest BCUT2D eigenvalue weighted by Crippen LogP contribution is -2.37. The Morgan fingerprint density at radius 2 is 1.85 bits per heavy atom. The fraction of sp³-hybridized carbons (Fsp3) is 0.750. The molecule has 0 aliphatic rings. The number of hydrogen-bond donors (Lipinski definition) is 2. The van der Waals surface area contributed by atoms with Crippen molar-refractivity contribution in [3.63, 3.8) is 0 Å². The molecule has 0 aliphatic heterocycles. The maximum atomic E-state index is 10.2. The molecule has 0 unspecified atom stereocenters. The lowest BCUT2D eigenvalue weighted by Gasteiger charge is -2.09. The topological polar surface area (TPSA) is 147 Å². The fourth-order valence-electron chi connectivity index (χ4n) is 0.594. The zero-order valence-corrected chi connectivity index (χ0v) is 6.53. The minimum atomic E-state index is -1.26. The smallest absolute Gasteiger partial charge is 0.404 e. The summed E-state index contributed by atoms with van der Waals surface area (Å²) >= 11 is 0. The highest BCUT2D eigenvalue weighted by Gasteiger charge is 2.08. The van der Waals surface area contributed by atoms with E-state index in [9.17, 15) is 4.79 Å². The van der Waals surface area contributed by atoms with Crippen LogP contribution >= 0.6 is 0 Å². The molecular weight excluding hydrogens is 178 g/mol. The van der Waals surface area contributed by atoms with Crippen LogP contribution in [0.2, 0.25) is 0 Å². The summed E-state index contributed by atoms with van der Waals surface area (Å²) in [6.07, 6.45) is -1.26. The summed E-state index contributed by atoms with van der Waals surface area (Å²) in [6.45, 7) is -0.163. The van der Waals surface area contributed by atoms with Gasteiger partial charge in [-0.2, -0.15) is 0 Å². The molecule has 0 rings (SSSR count). The van der Waals surface area contributed by atoms with Crippen molar-refractivity contribution in [3.8, 4) is 0 Å². The first-order valence-electron chi connectivity index (χ1n) is 3.22. The Hall–Kier alpha value is -2.11. The summed E-state index contributed by atoms with van der Waals surface area (Å²) in [4.78, 5) is 15.1. The molecule has 0 radical (unpaired) electrons. The summed E-state index contributed by atoms with van der Waals surface area (Å²) in [5.41, 5.74) is 15.9. The Labute approximate surface area is 72.6 Å². The normalized spacial score (nSPS) is 10.5. The molecule has 0 spiro atoms. The number of hydrogen-bond acceptors (Lipinski definition) is 3. The minimum absolute atomic E-state index is 0.0815. The molecule has 0 aromatic carbocycles. The zero-order valence-electron chi connectivity index (χ0n) is 6.53. The van der Waals surface area contributed by atoms with Crippen LogP contribution in [0, 0.1) is 0 Å². The van der Waals surface area contributed by atoms with Gasteiger partial charge < -0.3 is 10.4 Å². The lowest BCUT2D eigenvalue weighted by molar-refractivity contribution is 0.190. The van der Waals surface area contributed by atoms with Crippen molar-refractivity contribution < 1.29 is 9.90 Å². The average Bonchev–Trinajstić information content (AvgIpc) is 2.09. The fourth-order valence-corrected chi connectivity index (χ4v) is 0.594. The number of nitrogens with one attached hydrogen (secondary N) is 1. The Balaban J connectivity index is 4.08. The van der Waals surface area contributed by atoms with E-state index in [4.69, 9.17) is 16.2 Å². The van der Waals surface area contributed by atoms with Gasteiger partial charge in [-0.3, -0.25) is 0 Å². The van der Waals surface area contributed by atoms with E-state index in [1.54, 1.807) is 0 Å². The number of azide groups is 2. The van der Waals surface area contributed by atoms with Crippen LogP contribution in [0.3, 0.4) is 0 Å². The van der Waals surface area contributed by atoms with Crippen LogP contribution in [0.4, 0.5) is 4.79 Å². The number of rotatable bonds is 5. The summed E-state index contributed by atoms with van der Waals surface area (Å²) in [5.74, 6) is 0. The van der Waals surface area contributed by atoms with Gasteiger partial charge in [0.15, 0.2) is 0 Å². The third kappa shape index (κ3) is 6.29. The molecule has 0 fully saturated rings. The van der Waals surface area contributed by atoms with E-state index in [1.165, 1.54) is 0 Å². The second-order valence-corrected chi connectivity index (χ2v) is 1.97. The third-order valence-electron chi connectivity index (χ3n) is 1.06. The van der Waals surface area contributed by atoms with Gasteiger partial charge >= 0.3 is 6.09 Å². The molecule has 9 nitrogen and oxygen atoms in total. The molecule has 0 aliphatic carbocycles. The predicted octanol–water partition coefficient (Wildman–Crippen LogP) is 1.24. The van der Waals surface area contributed by atoms with Gasteiger partial charge in [-0.1, -0.05) is 10.2 Å². The second-order valence-electron chi connectivity index (χ2n) is 1.97. The van der Waals surface area contributed by atoms with Crippen LogP contribution in [0.5, 0.6) is 0 Å². The maximum Gasteiger partial charge on any atom is 0.404 e. The van der Waals surface area contributed by atoms with Gasteiger partial charge in [0.25, 0.3) is 0 Å². The molecule has 0 atom stereocenters. The Morgan fingerprint density at radius 1 is 1.38 bits per heavy atom. The van der Waals surface area contributed by atoms with Gasteiger partial charge in [0.1, 0.15) is 0 Å². The molecular formula is C4H7N7O2. The molecule has 1 amide bonds. The standard InChI is InChI=1S/C4H7N7O2/c5-10-7-1-3(2-8-11-6)9-4(12)13/h3,9H,1-2H2,(H,12,13). The molecule has 0 aromatic rings. The Morgan fingerprint density at radius 3 is 2.15 bits per heavy atom. The largest absolute Gasteiger partial charge is 0.465 e. The van der Waals surface area contributed by atoms with E-state index in [-0.39, 0.29) is 13.1 Å². The highest BCUT2D eigenvalue weighted by Crippen LogP contribution is 1.88. The molecule has 0 aromatic heterocycles. The van der Waals surface area contributed by atoms with Crippen molar-refractivity contribution in [1.29, 1.82) is 0 Å². The highest BCUT2D eigenvalue weighted by molar-refractivity contribution is 5.64. The zero-order chi connectivity index (χ0) is 10.1. The molecule has 70 valence electrons. The molecule has 0 bridgehead atoms. The maximum absolute atomic E-state index is 10.2. The minimum Gasteiger partial charge on any atom is -0.465 e. The van der Waals surface area contributed by atoms with Crippen molar-refractivity contribution in [2.75, 3.05) is 13.1 Å². The van der Waals surface area contributed by atoms with Gasteiger partial charge in [0.2, 0.25) is 0 Å². The lowest BCUT2D eigenvalue weighted by atomic mass is 10.3. The highest BCUT2D eigenvalue weighted by atomic mass is 16.4.